The van der Waals surface area contributed by atoms with E-state index in [4.69, 9.17) is 9.47 Å². The molecule has 1 aliphatic heterocycles. The lowest BCUT2D eigenvalue weighted by molar-refractivity contribution is -0.129. The number of hydrogen-bond acceptors (Lipinski definition) is 3. The minimum Gasteiger partial charge on any atom is -0.491 e. The Morgan fingerprint density at radius 1 is 1.30 bits per heavy atom. The summed E-state index contributed by atoms with van der Waals surface area (Å²) in [4.78, 5) is 13.2. The number of hydrogen-bond donors (Lipinski definition) is 0. The number of benzene rings is 1. The van der Waals surface area contributed by atoms with E-state index in [0.29, 0.717) is 31.1 Å². The molecule has 0 aromatic heterocycles. The van der Waals surface area contributed by atoms with Crippen molar-refractivity contribution in [2.75, 3.05) is 26.9 Å². The number of halogens is 2. The molecule has 0 saturated carbocycles. The van der Waals surface area contributed by atoms with Crippen molar-refractivity contribution in [3.8, 4) is 5.75 Å². The molecule has 2 rings (SSSR count). The van der Waals surface area contributed by atoms with Gasteiger partial charge in [-0.3, -0.25) is 4.79 Å². The highest BCUT2D eigenvalue weighted by Crippen LogP contribution is 2.30. The number of amides is 1. The Balaban J connectivity index is 2.21. The fraction of sp³-hybridized carbons (Fsp3) is 0.471. The maximum absolute atomic E-state index is 12.8. The first-order valence-corrected chi connectivity index (χ1v) is 7.54. The van der Waals surface area contributed by atoms with Gasteiger partial charge in [0.1, 0.15) is 12.4 Å². The third-order valence-corrected chi connectivity index (χ3v) is 3.64. The number of aryl methyl sites for hydroxylation is 1. The van der Waals surface area contributed by atoms with E-state index in [0.717, 1.165) is 11.1 Å². The maximum atomic E-state index is 12.8. The van der Waals surface area contributed by atoms with Crippen LogP contribution in [0.25, 0.3) is 5.70 Å². The lowest BCUT2D eigenvalue weighted by Gasteiger charge is -2.29. The minimum absolute atomic E-state index is 0.261. The Kier molecular flexibility index (Phi) is 6.10. The van der Waals surface area contributed by atoms with Crippen molar-refractivity contribution in [2.24, 2.45) is 0 Å². The Bertz CT molecular complexity index is 587. The summed E-state index contributed by atoms with van der Waals surface area (Å²) >= 11 is 0. The zero-order valence-electron chi connectivity index (χ0n) is 13.4. The van der Waals surface area contributed by atoms with Gasteiger partial charge in [-0.1, -0.05) is 6.08 Å². The summed E-state index contributed by atoms with van der Waals surface area (Å²) in [5, 5.41) is 0. The molecule has 126 valence electrons. The predicted octanol–water partition coefficient (Wildman–Crippen LogP) is 3.25. The van der Waals surface area contributed by atoms with E-state index in [-0.39, 0.29) is 12.3 Å². The van der Waals surface area contributed by atoms with Crippen LogP contribution < -0.4 is 4.74 Å². The Morgan fingerprint density at radius 2 is 2.09 bits per heavy atom. The molecule has 1 heterocycles. The fourth-order valence-corrected chi connectivity index (χ4v) is 2.56. The lowest BCUT2D eigenvalue weighted by atomic mass is 10.00. The van der Waals surface area contributed by atoms with Crippen molar-refractivity contribution in [3.05, 3.63) is 35.4 Å². The van der Waals surface area contributed by atoms with Gasteiger partial charge in [0.25, 0.3) is 6.43 Å². The maximum Gasteiger partial charge on any atom is 0.256 e. The topological polar surface area (TPSA) is 38.8 Å². The predicted molar refractivity (Wildman–Crippen MR) is 83.5 cm³/mol. The van der Waals surface area contributed by atoms with Gasteiger partial charge in [0, 0.05) is 24.8 Å². The van der Waals surface area contributed by atoms with Gasteiger partial charge in [0.05, 0.1) is 13.2 Å². The van der Waals surface area contributed by atoms with E-state index in [1.807, 2.05) is 19.1 Å². The molecule has 1 amide bonds. The fourth-order valence-electron chi connectivity index (χ4n) is 2.56. The van der Waals surface area contributed by atoms with Crippen LogP contribution in [-0.4, -0.2) is 44.1 Å². The minimum atomic E-state index is -2.56. The Morgan fingerprint density at radius 3 is 2.74 bits per heavy atom. The molecule has 6 heteroatoms. The normalized spacial score (nSPS) is 15.1. The molecule has 23 heavy (non-hydrogen) atoms. The summed E-state index contributed by atoms with van der Waals surface area (Å²) in [5.41, 5.74) is 2.21. The van der Waals surface area contributed by atoms with Gasteiger partial charge in [-0.15, -0.1) is 0 Å². The highest BCUT2D eigenvalue weighted by molar-refractivity contribution is 5.89. The number of carbonyl (C=O) groups excluding carboxylic acids is 1. The smallest absolute Gasteiger partial charge is 0.256 e. The second kappa shape index (κ2) is 8.06. The number of ether oxygens (including phenoxy) is 2. The molecule has 0 aliphatic carbocycles. The molecule has 1 aliphatic rings. The largest absolute Gasteiger partial charge is 0.491 e. The SMILES string of the molecule is COCCOc1ccc(C2=CCCC(=O)N2CC(F)F)c(C)c1. The molecule has 1 aromatic rings. The van der Waals surface area contributed by atoms with Crippen LogP contribution in [0, 0.1) is 6.92 Å². The summed E-state index contributed by atoms with van der Waals surface area (Å²) in [6.45, 7) is 2.23. The molecule has 0 atom stereocenters. The molecule has 0 saturated heterocycles. The van der Waals surface area contributed by atoms with Gasteiger partial charge in [0.15, 0.2) is 0 Å². The Labute approximate surface area is 134 Å². The molecule has 0 bridgehead atoms. The zero-order valence-corrected chi connectivity index (χ0v) is 13.4. The molecular weight excluding hydrogens is 304 g/mol. The molecule has 4 nitrogen and oxygen atoms in total. The van der Waals surface area contributed by atoms with Crippen LogP contribution in [0.4, 0.5) is 8.78 Å². The van der Waals surface area contributed by atoms with Crippen molar-refractivity contribution in [1.29, 1.82) is 0 Å². The Hall–Kier alpha value is -1.95. The quantitative estimate of drug-likeness (QED) is 0.722. The van der Waals surface area contributed by atoms with E-state index in [9.17, 15) is 13.6 Å². The number of alkyl halides is 2. The third kappa shape index (κ3) is 4.51. The zero-order chi connectivity index (χ0) is 16.8. The average Bonchev–Trinajstić information content (AvgIpc) is 2.50. The summed E-state index contributed by atoms with van der Waals surface area (Å²) in [6, 6.07) is 5.42. The highest BCUT2D eigenvalue weighted by Gasteiger charge is 2.26. The first kappa shape index (κ1) is 17.4. The van der Waals surface area contributed by atoms with Crippen molar-refractivity contribution >= 4 is 11.6 Å². The molecule has 0 spiro atoms. The highest BCUT2D eigenvalue weighted by atomic mass is 19.3. The number of nitrogens with zero attached hydrogens (tertiary/aromatic N) is 1. The van der Waals surface area contributed by atoms with Crippen LogP contribution in [0.2, 0.25) is 0 Å². The summed E-state index contributed by atoms with van der Waals surface area (Å²) in [5.74, 6) is 0.425. The summed E-state index contributed by atoms with van der Waals surface area (Å²) in [7, 11) is 1.60. The van der Waals surface area contributed by atoms with Crippen LogP contribution in [0.5, 0.6) is 5.75 Å². The third-order valence-electron chi connectivity index (χ3n) is 3.64. The molecule has 0 fully saturated rings. The molecule has 0 N–H and O–H groups in total. The average molecular weight is 325 g/mol. The van der Waals surface area contributed by atoms with Gasteiger partial charge in [-0.2, -0.15) is 0 Å². The van der Waals surface area contributed by atoms with Crippen LogP contribution in [-0.2, 0) is 9.53 Å². The van der Waals surface area contributed by atoms with E-state index < -0.39 is 13.0 Å². The van der Waals surface area contributed by atoms with Crippen molar-refractivity contribution < 1.29 is 23.0 Å². The van der Waals surface area contributed by atoms with E-state index >= 15 is 0 Å². The van der Waals surface area contributed by atoms with Crippen LogP contribution in [0.3, 0.4) is 0 Å². The van der Waals surface area contributed by atoms with E-state index in [2.05, 4.69) is 0 Å². The standard InChI is InChI=1S/C17H21F2NO3/c1-12-10-13(23-9-8-22-2)6-7-14(12)15-4-3-5-17(21)20(15)11-16(18)19/h4,6-7,10,16H,3,5,8-9,11H2,1-2H3. The molecular formula is C17H21F2NO3. The van der Waals surface area contributed by atoms with Crippen molar-refractivity contribution in [3.63, 3.8) is 0 Å². The number of carbonyl (C=O) groups is 1. The first-order chi connectivity index (χ1) is 11.0. The van der Waals surface area contributed by atoms with Crippen LogP contribution >= 0.6 is 0 Å². The number of allylic oxidation sites excluding steroid dienone is 1. The van der Waals surface area contributed by atoms with Crippen molar-refractivity contribution in [1.82, 2.24) is 4.90 Å². The lowest BCUT2D eigenvalue weighted by Crippen LogP contribution is -2.35. The monoisotopic (exact) mass is 325 g/mol. The van der Waals surface area contributed by atoms with Crippen LogP contribution in [0.1, 0.15) is 24.0 Å². The van der Waals surface area contributed by atoms with Gasteiger partial charge < -0.3 is 14.4 Å². The second-order valence-electron chi connectivity index (χ2n) is 5.34. The molecule has 1 aromatic carbocycles. The summed E-state index contributed by atoms with van der Waals surface area (Å²) in [6.07, 6.45) is 0.127. The van der Waals surface area contributed by atoms with Crippen molar-refractivity contribution in [2.45, 2.75) is 26.2 Å². The first-order valence-electron chi connectivity index (χ1n) is 7.54. The summed E-state index contributed by atoms with van der Waals surface area (Å²) < 4.78 is 36.0. The van der Waals surface area contributed by atoms with Gasteiger partial charge in [0.2, 0.25) is 5.91 Å². The molecule has 0 radical (unpaired) electrons. The van der Waals surface area contributed by atoms with Gasteiger partial charge in [-0.25, -0.2) is 8.78 Å². The number of methoxy groups -OCH3 is 1. The van der Waals surface area contributed by atoms with E-state index in [1.54, 1.807) is 19.2 Å². The van der Waals surface area contributed by atoms with E-state index in [1.165, 1.54) is 4.90 Å². The van der Waals surface area contributed by atoms with Gasteiger partial charge in [-0.05, 0) is 37.1 Å². The van der Waals surface area contributed by atoms with Gasteiger partial charge >= 0.3 is 0 Å². The second-order valence-corrected chi connectivity index (χ2v) is 5.34. The molecule has 0 unspecified atom stereocenters. The number of rotatable bonds is 7. The van der Waals surface area contributed by atoms with Crippen LogP contribution in [0.15, 0.2) is 24.3 Å².